The predicted octanol–water partition coefficient (Wildman–Crippen LogP) is 4.31. The molecule has 0 radical (unpaired) electrons. The summed E-state index contributed by atoms with van der Waals surface area (Å²) in [7, 11) is 1.54. The van der Waals surface area contributed by atoms with Crippen molar-refractivity contribution in [1.82, 2.24) is 0 Å². The van der Waals surface area contributed by atoms with E-state index in [0.717, 1.165) is 11.3 Å². The lowest BCUT2D eigenvalue weighted by atomic mass is 10.1. The van der Waals surface area contributed by atoms with E-state index in [1.807, 2.05) is 38.1 Å². The highest BCUT2D eigenvalue weighted by Gasteiger charge is 2.15. The fourth-order valence-corrected chi connectivity index (χ4v) is 2.15. The summed E-state index contributed by atoms with van der Waals surface area (Å²) in [6.07, 6.45) is 0. The molecule has 104 valence electrons. The highest BCUT2D eigenvalue weighted by Crippen LogP contribution is 2.33. The maximum absolute atomic E-state index is 11.8. The van der Waals surface area contributed by atoms with Crippen LogP contribution in [0.1, 0.15) is 28.4 Å². The third kappa shape index (κ3) is 2.82. The standard InChI is InChI=1S/C17H18O3/c1-11-8-9-14(12(2)10-11)20-16-7-5-6-15(19-4)17(16)13(3)18/h5-10H,1-4H3. The Bertz CT molecular complexity index is 645. The first-order valence-corrected chi connectivity index (χ1v) is 6.46. The lowest BCUT2D eigenvalue weighted by Gasteiger charge is -2.14. The number of ketones is 1. The molecule has 0 aliphatic rings. The average Bonchev–Trinajstić information content (AvgIpc) is 2.41. The van der Waals surface area contributed by atoms with Gasteiger partial charge in [0.1, 0.15) is 22.8 Å². The Hall–Kier alpha value is -2.29. The predicted molar refractivity (Wildman–Crippen MR) is 79.0 cm³/mol. The summed E-state index contributed by atoms with van der Waals surface area (Å²) in [4.78, 5) is 11.8. The fraction of sp³-hybridized carbons (Fsp3) is 0.235. The lowest BCUT2D eigenvalue weighted by Crippen LogP contribution is -2.01. The molecule has 2 aromatic carbocycles. The van der Waals surface area contributed by atoms with Crippen LogP contribution in [0, 0.1) is 13.8 Å². The largest absolute Gasteiger partial charge is 0.496 e. The molecule has 3 heteroatoms. The summed E-state index contributed by atoms with van der Waals surface area (Å²) in [6, 6.07) is 11.3. The summed E-state index contributed by atoms with van der Waals surface area (Å²) in [6.45, 7) is 5.52. The van der Waals surface area contributed by atoms with Gasteiger partial charge >= 0.3 is 0 Å². The van der Waals surface area contributed by atoms with Crippen LogP contribution in [0.25, 0.3) is 0 Å². The van der Waals surface area contributed by atoms with Crippen LogP contribution in [-0.4, -0.2) is 12.9 Å². The second kappa shape index (κ2) is 5.78. The Morgan fingerprint density at radius 2 is 1.70 bits per heavy atom. The van der Waals surface area contributed by atoms with Gasteiger partial charge < -0.3 is 9.47 Å². The zero-order chi connectivity index (χ0) is 14.7. The van der Waals surface area contributed by atoms with E-state index < -0.39 is 0 Å². The van der Waals surface area contributed by atoms with Crippen molar-refractivity contribution in [1.29, 1.82) is 0 Å². The van der Waals surface area contributed by atoms with Gasteiger partial charge in [-0.15, -0.1) is 0 Å². The van der Waals surface area contributed by atoms with Crippen LogP contribution in [0.3, 0.4) is 0 Å². The molecule has 2 rings (SSSR count). The van der Waals surface area contributed by atoms with Crippen LogP contribution in [0.2, 0.25) is 0 Å². The maximum atomic E-state index is 11.8. The number of aryl methyl sites for hydroxylation is 2. The Balaban J connectivity index is 2.45. The van der Waals surface area contributed by atoms with Gasteiger partial charge in [0.05, 0.1) is 7.11 Å². The zero-order valence-corrected chi connectivity index (χ0v) is 12.2. The quantitative estimate of drug-likeness (QED) is 0.777. The number of ether oxygens (including phenoxy) is 2. The van der Waals surface area contributed by atoms with E-state index in [9.17, 15) is 4.79 Å². The minimum absolute atomic E-state index is 0.0813. The Kier molecular flexibility index (Phi) is 4.08. The smallest absolute Gasteiger partial charge is 0.167 e. The zero-order valence-electron chi connectivity index (χ0n) is 12.2. The summed E-state index contributed by atoms with van der Waals surface area (Å²) >= 11 is 0. The molecule has 0 saturated carbocycles. The summed E-state index contributed by atoms with van der Waals surface area (Å²) in [5.74, 6) is 1.71. The van der Waals surface area contributed by atoms with Crippen molar-refractivity contribution in [2.45, 2.75) is 20.8 Å². The van der Waals surface area contributed by atoms with E-state index in [0.29, 0.717) is 17.1 Å². The topological polar surface area (TPSA) is 35.5 Å². The van der Waals surface area contributed by atoms with E-state index >= 15 is 0 Å². The lowest BCUT2D eigenvalue weighted by molar-refractivity contribution is 0.101. The summed E-state index contributed by atoms with van der Waals surface area (Å²) in [5.41, 5.74) is 2.67. The van der Waals surface area contributed by atoms with Crippen molar-refractivity contribution < 1.29 is 14.3 Å². The Morgan fingerprint density at radius 1 is 1.00 bits per heavy atom. The molecule has 0 amide bonds. The van der Waals surface area contributed by atoms with Gasteiger partial charge in [0.2, 0.25) is 0 Å². The van der Waals surface area contributed by atoms with Gasteiger partial charge in [-0.05, 0) is 44.5 Å². The number of hydrogen-bond acceptors (Lipinski definition) is 3. The van der Waals surface area contributed by atoms with Gasteiger partial charge in [-0.2, -0.15) is 0 Å². The number of methoxy groups -OCH3 is 1. The maximum Gasteiger partial charge on any atom is 0.167 e. The van der Waals surface area contributed by atoms with Crippen molar-refractivity contribution in [2.75, 3.05) is 7.11 Å². The van der Waals surface area contributed by atoms with Crippen LogP contribution < -0.4 is 9.47 Å². The highest BCUT2D eigenvalue weighted by atomic mass is 16.5. The van der Waals surface area contributed by atoms with E-state index in [1.165, 1.54) is 12.5 Å². The van der Waals surface area contributed by atoms with E-state index in [2.05, 4.69) is 0 Å². The SMILES string of the molecule is COc1cccc(Oc2ccc(C)cc2C)c1C(C)=O. The van der Waals surface area contributed by atoms with Gasteiger partial charge in [0, 0.05) is 0 Å². The molecule has 0 N–H and O–H groups in total. The normalized spacial score (nSPS) is 10.2. The highest BCUT2D eigenvalue weighted by molar-refractivity contribution is 5.99. The van der Waals surface area contributed by atoms with Crippen LogP contribution >= 0.6 is 0 Å². The second-order valence-electron chi connectivity index (χ2n) is 4.76. The van der Waals surface area contributed by atoms with Crippen LogP contribution in [0.5, 0.6) is 17.2 Å². The summed E-state index contributed by atoms with van der Waals surface area (Å²) < 4.78 is 11.1. The molecule has 0 atom stereocenters. The first-order valence-electron chi connectivity index (χ1n) is 6.46. The fourth-order valence-electron chi connectivity index (χ4n) is 2.15. The molecule has 2 aromatic rings. The number of carbonyl (C=O) groups excluding carboxylic acids is 1. The molecule has 3 nitrogen and oxygen atoms in total. The first kappa shape index (κ1) is 14.1. The van der Waals surface area contributed by atoms with Crippen molar-refractivity contribution in [3.63, 3.8) is 0 Å². The minimum atomic E-state index is -0.0813. The molecule has 20 heavy (non-hydrogen) atoms. The van der Waals surface area contributed by atoms with Crippen molar-refractivity contribution in [3.8, 4) is 17.2 Å². The number of benzene rings is 2. The minimum Gasteiger partial charge on any atom is -0.496 e. The Labute approximate surface area is 119 Å². The van der Waals surface area contributed by atoms with Gasteiger partial charge in [-0.1, -0.05) is 23.8 Å². The van der Waals surface area contributed by atoms with E-state index in [1.54, 1.807) is 19.2 Å². The van der Waals surface area contributed by atoms with Crippen LogP contribution in [-0.2, 0) is 0 Å². The molecule has 0 spiro atoms. The van der Waals surface area contributed by atoms with Crippen molar-refractivity contribution in [3.05, 3.63) is 53.1 Å². The molecular weight excluding hydrogens is 252 g/mol. The molecular formula is C17H18O3. The molecule has 0 aliphatic carbocycles. The molecule has 0 aliphatic heterocycles. The third-order valence-corrected chi connectivity index (χ3v) is 3.11. The Morgan fingerprint density at radius 3 is 2.30 bits per heavy atom. The number of Topliss-reactive ketones (excluding diaryl/α,β-unsaturated/α-hetero) is 1. The average molecular weight is 270 g/mol. The second-order valence-corrected chi connectivity index (χ2v) is 4.76. The molecule has 0 aromatic heterocycles. The molecule has 0 bridgehead atoms. The van der Waals surface area contributed by atoms with Crippen molar-refractivity contribution >= 4 is 5.78 Å². The number of carbonyl (C=O) groups is 1. The van der Waals surface area contributed by atoms with Gasteiger partial charge in [-0.3, -0.25) is 4.79 Å². The van der Waals surface area contributed by atoms with Gasteiger partial charge in [-0.25, -0.2) is 0 Å². The molecule has 0 saturated heterocycles. The number of hydrogen-bond donors (Lipinski definition) is 0. The first-order chi connectivity index (χ1) is 9.52. The van der Waals surface area contributed by atoms with Gasteiger partial charge in [0.15, 0.2) is 5.78 Å². The number of rotatable bonds is 4. The van der Waals surface area contributed by atoms with E-state index in [-0.39, 0.29) is 5.78 Å². The van der Waals surface area contributed by atoms with E-state index in [4.69, 9.17) is 9.47 Å². The molecule has 0 heterocycles. The molecule has 0 unspecified atom stereocenters. The van der Waals surface area contributed by atoms with Crippen LogP contribution in [0.4, 0.5) is 0 Å². The monoisotopic (exact) mass is 270 g/mol. The van der Waals surface area contributed by atoms with Crippen molar-refractivity contribution in [2.24, 2.45) is 0 Å². The summed E-state index contributed by atoms with van der Waals surface area (Å²) in [5, 5.41) is 0. The third-order valence-electron chi connectivity index (χ3n) is 3.11. The van der Waals surface area contributed by atoms with Gasteiger partial charge in [0.25, 0.3) is 0 Å². The molecule has 0 fully saturated rings. The van der Waals surface area contributed by atoms with Crippen LogP contribution in [0.15, 0.2) is 36.4 Å².